The van der Waals surface area contributed by atoms with Crippen molar-refractivity contribution in [1.29, 1.82) is 0 Å². The van der Waals surface area contributed by atoms with Crippen molar-refractivity contribution < 1.29 is 4.52 Å². The third-order valence-corrected chi connectivity index (χ3v) is 4.98. The molecule has 0 aliphatic rings. The first kappa shape index (κ1) is 16.6. The summed E-state index contributed by atoms with van der Waals surface area (Å²) in [7, 11) is 0. The summed E-state index contributed by atoms with van der Waals surface area (Å²) in [4.78, 5) is 14.1. The second-order valence-electron chi connectivity index (χ2n) is 6.82. The molecule has 4 heterocycles. The van der Waals surface area contributed by atoms with Crippen molar-refractivity contribution in [3.05, 3.63) is 23.8 Å². The molecule has 0 atom stereocenters. The van der Waals surface area contributed by atoms with Crippen molar-refractivity contribution in [1.82, 2.24) is 40.5 Å². The van der Waals surface area contributed by atoms with Gasteiger partial charge in [-0.05, 0) is 12.5 Å². The SMILES string of the molecule is CCc1nc(-c2ncn[nH]2)sc1-c1nc(-c2cc(C(C)(C)C)[nH]n2)no1. The van der Waals surface area contributed by atoms with E-state index >= 15 is 0 Å². The normalized spacial score (nSPS) is 12.0. The smallest absolute Gasteiger partial charge is 0.270 e. The van der Waals surface area contributed by atoms with E-state index in [1.807, 2.05) is 13.0 Å². The Morgan fingerprint density at radius 1 is 1.19 bits per heavy atom. The van der Waals surface area contributed by atoms with Crippen LogP contribution in [0.3, 0.4) is 0 Å². The van der Waals surface area contributed by atoms with E-state index < -0.39 is 0 Å². The zero-order valence-electron chi connectivity index (χ0n) is 14.9. The summed E-state index contributed by atoms with van der Waals surface area (Å²) in [5, 5.41) is 18.9. The van der Waals surface area contributed by atoms with E-state index in [2.05, 4.69) is 61.3 Å². The molecule has 0 aliphatic heterocycles. The summed E-state index contributed by atoms with van der Waals surface area (Å²) in [6.45, 7) is 8.37. The highest BCUT2D eigenvalue weighted by Gasteiger charge is 2.22. The van der Waals surface area contributed by atoms with Crippen LogP contribution < -0.4 is 0 Å². The first-order valence-corrected chi connectivity index (χ1v) is 9.03. The molecule has 0 saturated heterocycles. The fourth-order valence-electron chi connectivity index (χ4n) is 2.41. The molecule has 0 aliphatic carbocycles. The van der Waals surface area contributed by atoms with Crippen molar-refractivity contribution in [2.24, 2.45) is 0 Å². The topological polar surface area (TPSA) is 122 Å². The van der Waals surface area contributed by atoms with Gasteiger partial charge in [0.15, 0.2) is 10.8 Å². The van der Waals surface area contributed by atoms with E-state index in [9.17, 15) is 0 Å². The number of rotatable bonds is 4. The van der Waals surface area contributed by atoms with Crippen LogP contribution in [0.2, 0.25) is 0 Å². The lowest BCUT2D eigenvalue weighted by atomic mass is 9.92. The van der Waals surface area contributed by atoms with E-state index in [0.29, 0.717) is 23.2 Å². The predicted molar refractivity (Wildman–Crippen MR) is 96.4 cm³/mol. The molecule has 0 unspecified atom stereocenters. The molecule has 0 amide bonds. The van der Waals surface area contributed by atoms with Crippen LogP contribution in [-0.4, -0.2) is 40.5 Å². The summed E-state index contributed by atoms with van der Waals surface area (Å²) < 4.78 is 5.48. The predicted octanol–water partition coefficient (Wildman–Crippen LogP) is 3.23. The molecular weight excluding hydrogens is 352 g/mol. The molecule has 0 radical (unpaired) electrons. The minimum Gasteiger partial charge on any atom is -0.333 e. The van der Waals surface area contributed by atoms with Gasteiger partial charge in [-0.1, -0.05) is 32.9 Å². The Kier molecular flexibility index (Phi) is 3.91. The van der Waals surface area contributed by atoms with Crippen LogP contribution in [0.5, 0.6) is 0 Å². The molecule has 0 bridgehead atoms. The van der Waals surface area contributed by atoms with Gasteiger partial charge < -0.3 is 4.52 Å². The summed E-state index contributed by atoms with van der Waals surface area (Å²) in [5.41, 5.74) is 2.52. The second kappa shape index (κ2) is 6.13. The van der Waals surface area contributed by atoms with Crippen molar-refractivity contribution in [3.8, 4) is 33.1 Å². The molecule has 9 nitrogen and oxygen atoms in total. The highest BCUT2D eigenvalue weighted by molar-refractivity contribution is 7.18. The van der Waals surface area contributed by atoms with Crippen LogP contribution in [0, 0.1) is 0 Å². The van der Waals surface area contributed by atoms with E-state index in [0.717, 1.165) is 27.7 Å². The van der Waals surface area contributed by atoms with Crippen LogP contribution in [0.25, 0.3) is 33.1 Å². The third kappa shape index (κ3) is 2.92. The van der Waals surface area contributed by atoms with Crippen molar-refractivity contribution in [2.75, 3.05) is 0 Å². The van der Waals surface area contributed by atoms with Crippen LogP contribution >= 0.6 is 11.3 Å². The number of nitrogens with one attached hydrogen (secondary N) is 2. The Bertz CT molecular complexity index is 1020. The molecule has 4 aromatic rings. The van der Waals surface area contributed by atoms with E-state index in [4.69, 9.17) is 4.52 Å². The lowest BCUT2D eigenvalue weighted by Gasteiger charge is -2.14. The maximum absolute atomic E-state index is 5.48. The molecule has 0 fully saturated rings. The molecule has 4 rings (SSSR count). The molecule has 4 aromatic heterocycles. The quantitative estimate of drug-likeness (QED) is 0.565. The highest BCUT2D eigenvalue weighted by atomic mass is 32.1. The fourth-order valence-corrected chi connectivity index (χ4v) is 3.43. The molecule has 26 heavy (non-hydrogen) atoms. The number of aromatic nitrogens is 8. The number of hydrogen-bond acceptors (Lipinski definition) is 8. The molecule has 10 heteroatoms. The van der Waals surface area contributed by atoms with Gasteiger partial charge in [-0.3, -0.25) is 10.2 Å². The molecule has 0 aromatic carbocycles. The summed E-state index contributed by atoms with van der Waals surface area (Å²) in [5.74, 6) is 1.50. The van der Waals surface area contributed by atoms with Crippen molar-refractivity contribution in [3.63, 3.8) is 0 Å². The van der Waals surface area contributed by atoms with Crippen molar-refractivity contribution >= 4 is 11.3 Å². The van der Waals surface area contributed by atoms with Gasteiger partial charge in [0, 0.05) is 11.1 Å². The van der Waals surface area contributed by atoms with Gasteiger partial charge in [0.25, 0.3) is 5.89 Å². The highest BCUT2D eigenvalue weighted by Crippen LogP contribution is 2.34. The maximum Gasteiger partial charge on any atom is 0.270 e. The van der Waals surface area contributed by atoms with E-state index in [1.54, 1.807) is 0 Å². The number of aryl methyl sites for hydroxylation is 1. The molecule has 2 N–H and O–H groups in total. The van der Waals surface area contributed by atoms with Gasteiger partial charge >= 0.3 is 0 Å². The number of nitrogens with zero attached hydrogens (tertiary/aromatic N) is 6. The van der Waals surface area contributed by atoms with Gasteiger partial charge in [0.2, 0.25) is 5.82 Å². The molecule has 0 spiro atoms. The lowest BCUT2D eigenvalue weighted by molar-refractivity contribution is 0.432. The van der Waals surface area contributed by atoms with Gasteiger partial charge in [-0.15, -0.1) is 11.3 Å². The maximum atomic E-state index is 5.48. The minimum absolute atomic E-state index is 0.0309. The van der Waals surface area contributed by atoms with Gasteiger partial charge in [-0.25, -0.2) is 9.97 Å². The lowest BCUT2D eigenvalue weighted by Crippen LogP contribution is -2.11. The van der Waals surface area contributed by atoms with E-state index in [-0.39, 0.29) is 5.41 Å². The third-order valence-electron chi connectivity index (χ3n) is 3.89. The summed E-state index contributed by atoms with van der Waals surface area (Å²) >= 11 is 1.44. The molecule has 134 valence electrons. The number of hydrogen-bond donors (Lipinski definition) is 2. The molecule has 0 saturated carbocycles. The van der Waals surface area contributed by atoms with Crippen LogP contribution in [0.1, 0.15) is 39.1 Å². The second-order valence-corrected chi connectivity index (χ2v) is 7.82. The minimum atomic E-state index is -0.0309. The Balaban J connectivity index is 1.69. The van der Waals surface area contributed by atoms with Crippen molar-refractivity contribution in [2.45, 2.75) is 39.5 Å². The zero-order chi connectivity index (χ0) is 18.3. The monoisotopic (exact) mass is 370 g/mol. The Hall–Kier alpha value is -2.88. The summed E-state index contributed by atoms with van der Waals surface area (Å²) in [6, 6.07) is 1.95. The Morgan fingerprint density at radius 2 is 2.04 bits per heavy atom. The van der Waals surface area contributed by atoms with Gasteiger partial charge in [-0.2, -0.15) is 15.2 Å². The number of aromatic amines is 2. The summed E-state index contributed by atoms with van der Waals surface area (Å²) in [6.07, 6.45) is 2.20. The number of thiazole rings is 1. The fraction of sp³-hybridized carbons (Fsp3) is 0.375. The molecular formula is C16H18N8OS. The standard InChI is InChI=1S/C16H18N8OS/c1-5-8-11(26-15(19-8)13-17-7-18-23-13)14-20-12(24-25-14)9-6-10(22-21-9)16(2,3)4/h6-7H,5H2,1-4H3,(H,21,22)(H,17,18,23). The average Bonchev–Trinajstić information content (AvgIpc) is 3.40. The zero-order valence-corrected chi connectivity index (χ0v) is 15.7. The largest absolute Gasteiger partial charge is 0.333 e. The average molecular weight is 370 g/mol. The van der Waals surface area contributed by atoms with Crippen LogP contribution in [0.4, 0.5) is 0 Å². The first-order valence-electron chi connectivity index (χ1n) is 8.21. The Morgan fingerprint density at radius 3 is 2.69 bits per heavy atom. The van der Waals surface area contributed by atoms with Crippen LogP contribution in [0.15, 0.2) is 16.9 Å². The van der Waals surface area contributed by atoms with Crippen LogP contribution in [-0.2, 0) is 11.8 Å². The Labute approximate surface area is 153 Å². The van der Waals surface area contributed by atoms with Gasteiger partial charge in [0.05, 0.1) is 5.69 Å². The van der Waals surface area contributed by atoms with Gasteiger partial charge in [0.1, 0.15) is 16.9 Å². The van der Waals surface area contributed by atoms with E-state index in [1.165, 1.54) is 17.7 Å². The number of H-pyrrole nitrogens is 2. The first-order chi connectivity index (χ1) is 12.5.